The fourth-order valence-electron chi connectivity index (χ4n) is 3.56. The number of likely N-dealkylation sites (tertiary alicyclic amines) is 1. The summed E-state index contributed by atoms with van der Waals surface area (Å²) in [6, 6.07) is 3.93. The summed E-state index contributed by atoms with van der Waals surface area (Å²) in [6.07, 6.45) is 5.48. The van der Waals surface area contributed by atoms with Crippen LogP contribution >= 0.6 is 0 Å². The Hall–Kier alpha value is -2.15. The Balaban J connectivity index is 1.86. The fraction of sp³-hybridized carbons (Fsp3) is 0.588. The van der Waals surface area contributed by atoms with Crippen LogP contribution in [0.3, 0.4) is 0 Å². The van der Waals surface area contributed by atoms with Crippen molar-refractivity contribution in [2.24, 2.45) is 14.1 Å². The first-order valence-electron chi connectivity index (χ1n) is 8.51. The molecule has 3 rings (SSSR count). The number of hydrogen-bond donors (Lipinski definition) is 1. The Morgan fingerprint density at radius 3 is 2.21 bits per heavy atom. The van der Waals surface area contributed by atoms with E-state index in [1.165, 1.54) is 0 Å². The SMILES string of the molecule is CC(C)N1CCCC1C(=O)NC(c1ccnn1C)c1ccnn1C. The normalized spacial score (nSPS) is 18.7. The number of hydrogen-bond acceptors (Lipinski definition) is 4. The van der Waals surface area contributed by atoms with E-state index >= 15 is 0 Å². The van der Waals surface area contributed by atoms with Crippen molar-refractivity contribution in [1.29, 1.82) is 0 Å². The largest absolute Gasteiger partial charge is 0.341 e. The van der Waals surface area contributed by atoms with Crippen LogP contribution < -0.4 is 5.32 Å². The predicted octanol–water partition coefficient (Wildman–Crippen LogP) is 1.23. The van der Waals surface area contributed by atoms with E-state index in [1.54, 1.807) is 21.8 Å². The third-order valence-electron chi connectivity index (χ3n) is 4.86. The van der Waals surface area contributed by atoms with Crippen molar-refractivity contribution in [3.05, 3.63) is 35.9 Å². The third-order valence-corrected chi connectivity index (χ3v) is 4.86. The molecule has 0 radical (unpaired) electrons. The van der Waals surface area contributed by atoms with E-state index in [0.29, 0.717) is 6.04 Å². The Kier molecular flexibility index (Phi) is 4.71. The number of amides is 1. The zero-order chi connectivity index (χ0) is 17.3. The minimum atomic E-state index is -0.257. The lowest BCUT2D eigenvalue weighted by molar-refractivity contribution is -0.126. The van der Waals surface area contributed by atoms with Gasteiger partial charge in [0.2, 0.25) is 5.91 Å². The summed E-state index contributed by atoms with van der Waals surface area (Å²) in [5.74, 6) is 0.0774. The van der Waals surface area contributed by atoms with Crippen molar-refractivity contribution in [1.82, 2.24) is 29.8 Å². The number of nitrogens with one attached hydrogen (secondary N) is 1. The molecule has 1 amide bonds. The van der Waals surface area contributed by atoms with E-state index in [4.69, 9.17) is 0 Å². The summed E-state index contributed by atoms with van der Waals surface area (Å²) in [5.41, 5.74) is 1.89. The van der Waals surface area contributed by atoms with Crippen molar-refractivity contribution in [3.63, 3.8) is 0 Å². The van der Waals surface area contributed by atoms with E-state index in [2.05, 4.69) is 34.3 Å². The van der Waals surface area contributed by atoms with Crippen LogP contribution in [0.2, 0.25) is 0 Å². The number of aryl methyl sites for hydroxylation is 2. The molecule has 1 aliphatic rings. The van der Waals surface area contributed by atoms with Crippen molar-refractivity contribution >= 4 is 5.91 Å². The van der Waals surface area contributed by atoms with Crippen LogP contribution in [-0.2, 0) is 18.9 Å². The van der Waals surface area contributed by atoms with Gasteiger partial charge in [-0.1, -0.05) is 0 Å². The molecule has 24 heavy (non-hydrogen) atoms. The lowest BCUT2D eigenvalue weighted by Crippen LogP contribution is -2.47. The van der Waals surface area contributed by atoms with E-state index < -0.39 is 0 Å². The number of carbonyl (C=O) groups is 1. The van der Waals surface area contributed by atoms with Gasteiger partial charge in [0.05, 0.1) is 17.4 Å². The molecule has 0 bridgehead atoms. The molecular weight excluding hydrogens is 304 g/mol. The summed E-state index contributed by atoms with van der Waals surface area (Å²) in [6.45, 7) is 5.27. The summed E-state index contributed by atoms with van der Waals surface area (Å²) in [4.78, 5) is 15.2. The average Bonchev–Trinajstić information content (AvgIpc) is 3.25. The molecule has 0 aliphatic carbocycles. The highest BCUT2D eigenvalue weighted by molar-refractivity contribution is 5.82. The van der Waals surface area contributed by atoms with Crippen LogP contribution in [0.25, 0.3) is 0 Å². The highest BCUT2D eigenvalue weighted by Gasteiger charge is 2.34. The van der Waals surface area contributed by atoms with Crippen LogP contribution in [-0.4, -0.2) is 49.0 Å². The minimum absolute atomic E-state index is 0.0612. The summed E-state index contributed by atoms with van der Waals surface area (Å²) < 4.78 is 3.60. The number of rotatable bonds is 5. The van der Waals surface area contributed by atoms with E-state index in [1.807, 2.05) is 26.2 Å². The third kappa shape index (κ3) is 3.08. The molecule has 1 unspecified atom stereocenters. The topological polar surface area (TPSA) is 68.0 Å². The van der Waals surface area contributed by atoms with Crippen LogP contribution in [0.15, 0.2) is 24.5 Å². The van der Waals surface area contributed by atoms with E-state index in [0.717, 1.165) is 30.8 Å². The molecule has 1 fully saturated rings. The Bertz CT molecular complexity index is 663. The molecule has 7 nitrogen and oxygen atoms in total. The second kappa shape index (κ2) is 6.76. The molecule has 0 spiro atoms. The Morgan fingerprint density at radius 1 is 1.17 bits per heavy atom. The standard InChI is InChI=1S/C17H26N6O/c1-12(2)23-11-5-6-15(23)17(24)20-16(13-7-9-18-21(13)3)14-8-10-19-22(14)4/h7-10,12,15-16H,5-6,11H2,1-4H3,(H,20,24). The summed E-state index contributed by atoms with van der Waals surface area (Å²) in [7, 11) is 3.78. The molecule has 0 aromatic carbocycles. The maximum Gasteiger partial charge on any atom is 0.238 e. The fourth-order valence-corrected chi connectivity index (χ4v) is 3.56. The molecule has 7 heteroatoms. The van der Waals surface area contributed by atoms with Crippen LogP contribution in [0.4, 0.5) is 0 Å². The van der Waals surface area contributed by atoms with Gasteiger partial charge in [-0.2, -0.15) is 10.2 Å². The first-order chi connectivity index (χ1) is 11.5. The molecule has 3 heterocycles. The molecule has 1 atom stereocenters. The van der Waals surface area contributed by atoms with Gasteiger partial charge in [0.15, 0.2) is 0 Å². The van der Waals surface area contributed by atoms with Gasteiger partial charge < -0.3 is 5.32 Å². The second-order valence-electron chi connectivity index (χ2n) is 6.69. The summed E-state index contributed by atoms with van der Waals surface area (Å²) >= 11 is 0. The Labute approximate surface area is 142 Å². The zero-order valence-electron chi connectivity index (χ0n) is 14.8. The number of carbonyl (C=O) groups excluding carboxylic acids is 1. The van der Waals surface area contributed by atoms with Crippen molar-refractivity contribution in [2.45, 2.75) is 44.8 Å². The molecule has 1 saturated heterocycles. The lowest BCUT2D eigenvalue weighted by atomic mass is 10.1. The minimum Gasteiger partial charge on any atom is -0.341 e. The van der Waals surface area contributed by atoms with Gasteiger partial charge in [0.25, 0.3) is 0 Å². The van der Waals surface area contributed by atoms with Crippen molar-refractivity contribution in [2.75, 3.05) is 6.54 Å². The van der Waals surface area contributed by atoms with E-state index in [9.17, 15) is 4.79 Å². The molecular formula is C17H26N6O. The van der Waals surface area contributed by atoms with Crippen LogP contribution in [0.5, 0.6) is 0 Å². The quantitative estimate of drug-likeness (QED) is 0.895. The van der Waals surface area contributed by atoms with Crippen molar-refractivity contribution < 1.29 is 4.79 Å². The molecule has 130 valence electrons. The molecule has 1 aliphatic heterocycles. The highest BCUT2D eigenvalue weighted by Crippen LogP contribution is 2.24. The smallest absolute Gasteiger partial charge is 0.238 e. The number of nitrogens with zero attached hydrogens (tertiary/aromatic N) is 5. The lowest BCUT2D eigenvalue weighted by Gasteiger charge is -2.29. The van der Waals surface area contributed by atoms with Gasteiger partial charge in [-0.15, -0.1) is 0 Å². The van der Waals surface area contributed by atoms with Crippen LogP contribution in [0, 0.1) is 0 Å². The first kappa shape index (κ1) is 16.7. The number of aromatic nitrogens is 4. The van der Waals surface area contributed by atoms with Gasteiger partial charge in [-0.3, -0.25) is 19.1 Å². The Morgan fingerprint density at radius 2 is 1.75 bits per heavy atom. The van der Waals surface area contributed by atoms with Gasteiger partial charge in [0.1, 0.15) is 6.04 Å². The molecule has 2 aromatic rings. The van der Waals surface area contributed by atoms with Gasteiger partial charge in [0, 0.05) is 32.5 Å². The maximum absolute atomic E-state index is 13.0. The van der Waals surface area contributed by atoms with Gasteiger partial charge in [-0.25, -0.2) is 0 Å². The highest BCUT2D eigenvalue weighted by atomic mass is 16.2. The van der Waals surface area contributed by atoms with Crippen molar-refractivity contribution in [3.8, 4) is 0 Å². The second-order valence-corrected chi connectivity index (χ2v) is 6.69. The van der Waals surface area contributed by atoms with Gasteiger partial charge >= 0.3 is 0 Å². The summed E-state index contributed by atoms with van der Waals surface area (Å²) in [5, 5.41) is 11.7. The molecule has 1 N–H and O–H groups in total. The molecule has 0 saturated carbocycles. The predicted molar refractivity (Wildman–Crippen MR) is 91.3 cm³/mol. The van der Waals surface area contributed by atoms with E-state index in [-0.39, 0.29) is 18.0 Å². The maximum atomic E-state index is 13.0. The average molecular weight is 330 g/mol. The monoisotopic (exact) mass is 330 g/mol. The van der Waals surface area contributed by atoms with Gasteiger partial charge in [-0.05, 0) is 45.4 Å². The zero-order valence-corrected chi connectivity index (χ0v) is 14.8. The molecule has 2 aromatic heterocycles. The first-order valence-corrected chi connectivity index (χ1v) is 8.51. The van der Waals surface area contributed by atoms with Crippen LogP contribution in [0.1, 0.15) is 44.1 Å².